The predicted octanol–water partition coefficient (Wildman–Crippen LogP) is -1.58. The van der Waals surface area contributed by atoms with E-state index in [1.165, 1.54) is 4.90 Å². The molecule has 0 aliphatic heterocycles. The molecule has 0 aromatic carbocycles. The first-order chi connectivity index (χ1) is 7.02. The molecule has 0 fully saturated rings. The molecule has 0 aromatic heterocycles. The zero-order valence-corrected chi connectivity index (χ0v) is 8.98. The fraction of sp³-hybridized carbons (Fsp3) is 0.778. The highest BCUT2D eigenvalue weighted by atomic mass is 16.3. The second-order valence-electron chi connectivity index (χ2n) is 3.27. The lowest BCUT2D eigenvalue weighted by Crippen LogP contribution is -2.46. The van der Waals surface area contributed by atoms with Gasteiger partial charge in [-0.15, -0.1) is 0 Å². The van der Waals surface area contributed by atoms with E-state index < -0.39 is 11.9 Å². The predicted molar refractivity (Wildman–Crippen MR) is 55.7 cm³/mol. The number of carbonyl (C=O) groups excluding carboxylic acids is 2. The fourth-order valence-corrected chi connectivity index (χ4v) is 1.22. The highest BCUT2D eigenvalue weighted by molar-refractivity contribution is 5.87. The van der Waals surface area contributed by atoms with Crippen LogP contribution >= 0.6 is 0 Å². The highest BCUT2D eigenvalue weighted by Crippen LogP contribution is 1.98. The quantitative estimate of drug-likeness (QED) is 0.478. The summed E-state index contributed by atoms with van der Waals surface area (Å²) in [6.07, 6.45) is 0.358. The SMILES string of the molecule is CCN(CCCO)C(=O)C(N)CC(N)=O. The van der Waals surface area contributed by atoms with Crippen LogP contribution < -0.4 is 11.5 Å². The Morgan fingerprint density at radius 1 is 1.47 bits per heavy atom. The summed E-state index contributed by atoms with van der Waals surface area (Å²) in [4.78, 5) is 23.7. The molecule has 0 bridgehead atoms. The number of likely N-dealkylation sites (N-methyl/N-ethyl adjacent to an activating group) is 1. The summed E-state index contributed by atoms with van der Waals surface area (Å²) in [5.74, 6) is -0.890. The van der Waals surface area contributed by atoms with Gasteiger partial charge in [-0.25, -0.2) is 0 Å². The van der Waals surface area contributed by atoms with Crippen molar-refractivity contribution in [1.82, 2.24) is 4.90 Å². The van der Waals surface area contributed by atoms with E-state index in [1.807, 2.05) is 6.92 Å². The first kappa shape index (κ1) is 13.9. The average molecular weight is 217 g/mol. The molecule has 0 saturated carbocycles. The van der Waals surface area contributed by atoms with Gasteiger partial charge in [0.2, 0.25) is 11.8 Å². The number of rotatable bonds is 7. The van der Waals surface area contributed by atoms with Crippen LogP contribution in [0.15, 0.2) is 0 Å². The number of nitrogens with zero attached hydrogens (tertiary/aromatic N) is 1. The lowest BCUT2D eigenvalue weighted by atomic mass is 10.2. The molecule has 2 amide bonds. The van der Waals surface area contributed by atoms with Crippen molar-refractivity contribution in [3.63, 3.8) is 0 Å². The monoisotopic (exact) mass is 217 g/mol. The Balaban J connectivity index is 4.17. The minimum absolute atomic E-state index is 0.0227. The van der Waals surface area contributed by atoms with Crippen molar-refractivity contribution in [3.05, 3.63) is 0 Å². The number of nitrogens with two attached hydrogens (primary N) is 2. The number of hydrogen-bond donors (Lipinski definition) is 3. The topological polar surface area (TPSA) is 110 Å². The van der Waals surface area contributed by atoms with Gasteiger partial charge in [0, 0.05) is 19.7 Å². The zero-order valence-electron chi connectivity index (χ0n) is 8.98. The molecule has 0 heterocycles. The fourth-order valence-electron chi connectivity index (χ4n) is 1.22. The van der Waals surface area contributed by atoms with Crippen molar-refractivity contribution >= 4 is 11.8 Å². The van der Waals surface area contributed by atoms with Crippen molar-refractivity contribution in [3.8, 4) is 0 Å². The van der Waals surface area contributed by atoms with Crippen LogP contribution in [-0.2, 0) is 9.59 Å². The maximum atomic E-state index is 11.6. The molecule has 1 unspecified atom stereocenters. The van der Waals surface area contributed by atoms with E-state index >= 15 is 0 Å². The number of aliphatic hydroxyl groups excluding tert-OH is 1. The molecule has 0 aliphatic rings. The van der Waals surface area contributed by atoms with E-state index in [0.29, 0.717) is 19.5 Å². The Morgan fingerprint density at radius 2 is 2.07 bits per heavy atom. The van der Waals surface area contributed by atoms with Crippen LogP contribution in [-0.4, -0.2) is 47.6 Å². The Morgan fingerprint density at radius 3 is 2.47 bits per heavy atom. The molecule has 0 radical (unpaired) electrons. The highest BCUT2D eigenvalue weighted by Gasteiger charge is 2.20. The number of aliphatic hydroxyl groups is 1. The molecule has 0 aliphatic carbocycles. The van der Waals surface area contributed by atoms with Gasteiger partial charge in [0.25, 0.3) is 0 Å². The van der Waals surface area contributed by atoms with Crippen LogP contribution in [0.25, 0.3) is 0 Å². The molecule has 1 atom stereocenters. The maximum absolute atomic E-state index is 11.6. The van der Waals surface area contributed by atoms with Gasteiger partial charge in [-0.3, -0.25) is 9.59 Å². The lowest BCUT2D eigenvalue weighted by molar-refractivity contribution is -0.134. The Kier molecular flexibility index (Phi) is 6.64. The molecule has 6 nitrogen and oxygen atoms in total. The molecule has 15 heavy (non-hydrogen) atoms. The lowest BCUT2D eigenvalue weighted by Gasteiger charge is -2.23. The Hall–Kier alpha value is -1.14. The molecular weight excluding hydrogens is 198 g/mol. The second kappa shape index (κ2) is 7.19. The summed E-state index contributed by atoms with van der Waals surface area (Å²) in [7, 11) is 0. The van der Waals surface area contributed by atoms with E-state index in [0.717, 1.165) is 0 Å². The summed E-state index contributed by atoms with van der Waals surface area (Å²) < 4.78 is 0. The second-order valence-corrected chi connectivity index (χ2v) is 3.27. The van der Waals surface area contributed by atoms with Crippen molar-refractivity contribution in [2.24, 2.45) is 11.5 Å². The Labute approximate surface area is 89.2 Å². The van der Waals surface area contributed by atoms with E-state index in [4.69, 9.17) is 16.6 Å². The van der Waals surface area contributed by atoms with E-state index in [2.05, 4.69) is 0 Å². The normalized spacial score (nSPS) is 12.2. The van der Waals surface area contributed by atoms with Gasteiger partial charge >= 0.3 is 0 Å². The van der Waals surface area contributed by atoms with Crippen LogP contribution in [0.4, 0.5) is 0 Å². The van der Waals surface area contributed by atoms with Gasteiger partial charge in [-0.2, -0.15) is 0 Å². The number of amides is 2. The van der Waals surface area contributed by atoms with Crippen LogP contribution in [0, 0.1) is 0 Å². The van der Waals surface area contributed by atoms with Gasteiger partial charge in [-0.1, -0.05) is 0 Å². The standard InChI is InChI=1S/C9H19N3O3/c1-2-12(4-3-5-13)9(15)7(10)6-8(11)14/h7,13H,2-6,10H2,1H3,(H2,11,14). The first-order valence-electron chi connectivity index (χ1n) is 4.96. The van der Waals surface area contributed by atoms with Gasteiger partial charge in [0.1, 0.15) is 0 Å². The minimum atomic E-state index is -0.874. The number of carbonyl (C=O) groups is 2. The molecule has 5 N–H and O–H groups in total. The molecule has 0 spiro atoms. The summed E-state index contributed by atoms with van der Waals surface area (Å²) in [5, 5.41) is 8.63. The van der Waals surface area contributed by atoms with Crippen LogP contribution in [0.3, 0.4) is 0 Å². The van der Waals surface area contributed by atoms with E-state index in [1.54, 1.807) is 0 Å². The molecular formula is C9H19N3O3. The summed E-state index contributed by atoms with van der Waals surface area (Å²) in [5.41, 5.74) is 10.5. The molecule has 0 aromatic rings. The van der Waals surface area contributed by atoms with E-state index in [9.17, 15) is 9.59 Å². The van der Waals surface area contributed by atoms with Gasteiger partial charge < -0.3 is 21.5 Å². The van der Waals surface area contributed by atoms with Crippen LogP contribution in [0.5, 0.6) is 0 Å². The molecule has 88 valence electrons. The molecule has 0 saturated heterocycles. The van der Waals surface area contributed by atoms with E-state index in [-0.39, 0.29) is 18.9 Å². The summed E-state index contributed by atoms with van der Waals surface area (Å²) >= 11 is 0. The summed E-state index contributed by atoms with van der Waals surface area (Å²) in [6.45, 7) is 2.78. The van der Waals surface area contributed by atoms with Crippen molar-refractivity contribution in [2.45, 2.75) is 25.8 Å². The third kappa shape index (κ3) is 5.34. The maximum Gasteiger partial charge on any atom is 0.240 e. The minimum Gasteiger partial charge on any atom is -0.396 e. The van der Waals surface area contributed by atoms with Crippen LogP contribution in [0.2, 0.25) is 0 Å². The first-order valence-corrected chi connectivity index (χ1v) is 4.96. The third-order valence-corrected chi connectivity index (χ3v) is 2.02. The van der Waals surface area contributed by atoms with Gasteiger partial charge in [0.15, 0.2) is 0 Å². The van der Waals surface area contributed by atoms with Crippen LogP contribution in [0.1, 0.15) is 19.8 Å². The van der Waals surface area contributed by atoms with Gasteiger partial charge in [0.05, 0.1) is 12.5 Å². The summed E-state index contributed by atoms with van der Waals surface area (Å²) in [6, 6.07) is -0.874. The van der Waals surface area contributed by atoms with Crippen molar-refractivity contribution in [1.29, 1.82) is 0 Å². The Bertz CT molecular complexity index is 221. The van der Waals surface area contributed by atoms with Crippen molar-refractivity contribution in [2.75, 3.05) is 19.7 Å². The third-order valence-electron chi connectivity index (χ3n) is 2.02. The zero-order chi connectivity index (χ0) is 11.8. The molecule has 0 rings (SSSR count). The molecule has 6 heteroatoms. The largest absolute Gasteiger partial charge is 0.396 e. The number of hydrogen-bond acceptors (Lipinski definition) is 4. The smallest absolute Gasteiger partial charge is 0.240 e. The van der Waals surface area contributed by atoms with Crippen molar-refractivity contribution < 1.29 is 14.7 Å². The van der Waals surface area contributed by atoms with Gasteiger partial charge in [-0.05, 0) is 13.3 Å². The average Bonchev–Trinajstić information content (AvgIpc) is 2.17. The number of primary amides is 1.